The van der Waals surface area contributed by atoms with Gasteiger partial charge >= 0.3 is 0 Å². The molecule has 2 aromatic rings. The molecule has 2 bridgehead atoms. The summed E-state index contributed by atoms with van der Waals surface area (Å²) in [7, 11) is 1.84. The Morgan fingerprint density at radius 2 is 2.22 bits per heavy atom. The number of hydrogen-bond donors (Lipinski definition) is 0. The molecule has 3 nitrogen and oxygen atoms in total. The molecular weight excluding hydrogens is 284 g/mol. The molecule has 0 aliphatic carbocycles. The molecule has 1 unspecified atom stereocenters. The van der Waals surface area contributed by atoms with Gasteiger partial charge in [-0.1, -0.05) is 24.3 Å². The summed E-state index contributed by atoms with van der Waals surface area (Å²) in [6, 6.07) is 11.0. The van der Waals surface area contributed by atoms with E-state index in [4.69, 9.17) is 4.74 Å². The lowest BCUT2D eigenvalue weighted by Crippen LogP contribution is -2.55. The fourth-order valence-corrected chi connectivity index (χ4v) is 4.55. The second kappa shape index (κ2) is 6.06. The molecule has 23 heavy (non-hydrogen) atoms. The quantitative estimate of drug-likeness (QED) is 0.803. The molecule has 0 amide bonds. The lowest BCUT2D eigenvalue weighted by Gasteiger charge is -2.51. The maximum absolute atomic E-state index is 6.01. The first kappa shape index (κ1) is 14.9. The van der Waals surface area contributed by atoms with Crippen molar-refractivity contribution in [2.75, 3.05) is 20.2 Å². The van der Waals surface area contributed by atoms with Gasteiger partial charge in [0.1, 0.15) is 0 Å². The van der Waals surface area contributed by atoms with Crippen LogP contribution in [0.15, 0.2) is 49.2 Å². The molecule has 3 saturated heterocycles. The number of nitrogens with zero attached hydrogens (tertiary/aromatic N) is 2. The van der Waals surface area contributed by atoms with Crippen LogP contribution in [0.3, 0.4) is 0 Å². The lowest BCUT2D eigenvalue weighted by atomic mass is 9.73. The Kier molecular flexibility index (Phi) is 3.92. The summed E-state index contributed by atoms with van der Waals surface area (Å²) in [5.74, 6) is 1.40. The zero-order valence-corrected chi connectivity index (χ0v) is 13.7. The molecule has 5 rings (SSSR count). The molecule has 1 aromatic heterocycles. The number of rotatable bonds is 4. The second-order valence-corrected chi connectivity index (χ2v) is 6.82. The summed E-state index contributed by atoms with van der Waals surface area (Å²) in [5, 5.41) is 1.21. The van der Waals surface area contributed by atoms with E-state index in [-0.39, 0.29) is 6.10 Å². The Morgan fingerprint density at radius 1 is 1.35 bits per heavy atom. The van der Waals surface area contributed by atoms with Gasteiger partial charge in [-0.05, 0) is 48.9 Å². The van der Waals surface area contributed by atoms with Crippen molar-refractivity contribution < 1.29 is 4.74 Å². The summed E-state index contributed by atoms with van der Waals surface area (Å²) in [6.07, 6.45) is 6.66. The molecule has 0 N–H and O–H groups in total. The van der Waals surface area contributed by atoms with Gasteiger partial charge in [-0.25, -0.2) is 0 Å². The van der Waals surface area contributed by atoms with Crippen molar-refractivity contribution in [3.8, 4) is 0 Å². The highest BCUT2D eigenvalue weighted by Gasteiger charge is 2.42. The van der Waals surface area contributed by atoms with E-state index < -0.39 is 0 Å². The summed E-state index contributed by atoms with van der Waals surface area (Å²) in [4.78, 5) is 7.10. The van der Waals surface area contributed by atoms with Crippen LogP contribution in [0, 0.1) is 11.8 Å². The fourth-order valence-electron chi connectivity index (χ4n) is 4.55. The third kappa shape index (κ3) is 2.48. The van der Waals surface area contributed by atoms with Crippen molar-refractivity contribution in [3.05, 3.63) is 54.7 Å². The average Bonchev–Trinajstić information content (AvgIpc) is 2.63. The van der Waals surface area contributed by atoms with Crippen LogP contribution in [0.2, 0.25) is 0 Å². The topological polar surface area (TPSA) is 25.4 Å². The van der Waals surface area contributed by atoms with Crippen molar-refractivity contribution in [2.24, 2.45) is 11.8 Å². The highest BCUT2D eigenvalue weighted by Crippen LogP contribution is 2.43. The van der Waals surface area contributed by atoms with Crippen molar-refractivity contribution >= 4 is 10.9 Å². The van der Waals surface area contributed by atoms with Gasteiger partial charge < -0.3 is 4.74 Å². The van der Waals surface area contributed by atoms with E-state index in [0.29, 0.717) is 12.0 Å². The molecular formula is C20H24N2O. The normalized spacial score (nSPS) is 31.2. The highest BCUT2D eigenvalue weighted by atomic mass is 16.5. The Balaban J connectivity index is 1.70. The van der Waals surface area contributed by atoms with Gasteiger partial charge in [-0.2, -0.15) is 0 Å². The summed E-state index contributed by atoms with van der Waals surface area (Å²) < 4.78 is 6.01. The molecule has 0 spiro atoms. The molecule has 120 valence electrons. The van der Waals surface area contributed by atoms with Gasteiger partial charge in [-0.15, -0.1) is 6.58 Å². The Bertz CT molecular complexity index is 708. The minimum atomic E-state index is 0.108. The second-order valence-electron chi connectivity index (χ2n) is 6.82. The van der Waals surface area contributed by atoms with Crippen LogP contribution >= 0.6 is 0 Å². The largest absolute Gasteiger partial charge is 0.375 e. The monoisotopic (exact) mass is 308 g/mol. The lowest BCUT2D eigenvalue weighted by molar-refractivity contribution is -0.0601. The van der Waals surface area contributed by atoms with Crippen LogP contribution in [-0.4, -0.2) is 36.1 Å². The summed E-state index contributed by atoms with van der Waals surface area (Å²) in [6.45, 7) is 6.34. The van der Waals surface area contributed by atoms with E-state index in [9.17, 15) is 0 Å². The van der Waals surface area contributed by atoms with Crippen molar-refractivity contribution in [3.63, 3.8) is 0 Å². The number of hydrogen-bond acceptors (Lipinski definition) is 3. The van der Waals surface area contributed by atoms with Gasteiger partial charge in [0.25, 0.3) is 0 Å². The van der Waals surface area contributed by atoms with Gasteiger partial charge in [-0.3, -0.25) is 9.88 Å². The zero-order valence-electron chi connectivity index (χ0n) is 13.7. The minimum absolute atomic E-state index is 0.108. The number of aromatic nitrogens is 1. The van der Waals surface area contributed by atoms with Crippen LogP contribution in [-0.2, 0) is 4.74 Å². The molecule has 0 radical (unpaired) electrons. The first-order valence-corrected chi connectivity index (χ1v) is 8.55. The summed E-state index contributed by atoms with van der Waals surface area (Å²) >= 11 is 0. The fraction of sp³-hybridized carbons (Fsp3) is 0.450. The Labute approximate surface area is 138 Å². The van der Waals surface area contributed by atoms with Crippen LogP contribution in [0.4, 0.5) is 0 Å². The van der Waals surface area contributed by atoms with Gasteiger partial charge in [0.15, 0.2) is 0 Å². The van der Waals surface area contributed by atoms with E-state index in [1.54, 1.807) is 0 Å². The van der Waals surface area contributed by atoms with Crippen LogP contribution in [0.25, 0.3) is 10.9 Å². The van der Waals surface area contributed by atoms with Gasteiger partial charge in [0, 0.05) is 31.3 Å². The number of methoxy groups -OCH3 is 1. The number of pyridine rings is 1. The van der Waals surface area contributed by atoms with Crippen LogP contribution < -0.4 is 0 Å². The maximum atomic E-state index is 6.01. The first-order chi connectivity index (χ1) is 11.3. The first-order valence-electron chi connectivity index (χ1n) is 8.55. The predicted octanol–water partition coefficient (Wildman–Crippen LogP) is 3.82. The van der Waals surface area contributed by atoms with Gasteiger partial charge in [0.2, 0.25) is 0 Å². The van der Waals surface area contributed by atoms with Crippen LogP contribution in [0.1, 0.15) is 24.5 Å². The third-order valence-electron chi connectivity index (χ3n) is 5.75. The van der Waals surface area contributed by atoms with E-state index in [1.165, 1.54) is 30.3 Å². The minimum Gasteiger partial charge on any atom is -0.375 e. The smallest absolute Gasteiger partial charge is 0.0983 e. The Morgan fingerprint density at radius 3 is 2.96 bits per heavy atom. The number of piperidine rings is 3. The standard InChI is InChI=1S/C20H24N2O/c1-3-14-13-22-11-9-15(14)12-19(22)20(23-2)17-8-10-21-18-7-5-4-6-16(17)18/h3-8,10,14-15,19-20H,1,9,11-13H2,2H3/t14-,15-,19+,20+/m0/s1. The predicted molar refractivity (Wildman–Crippen MR) is 93.3 cm³/mol. The van der Waals surface area contributed by atoms with E-state index in [0.717, 1.165) is 18.0 Å². The third-order valence-corrected chi connectivity index (χ3v) is 5.75. The molecule has 3 aliphatic heterocycles. The van der Waals surface area contributed by atoms with Crippen molar-refractivity contribution in [1.29, 1.82) is 0 Å². The SMILES string of the molecule is C=C[C@H]1CN2CC[C@H]1C[C@@H]2[C@H](OC)c1ccnc2ccccc12. The van der Waals surface area contributed by atoms with Crippen molar-refractivity contribution in [2.45, 2.75) is 25.0 Å². The average molecular weight is 308 g/mol. The maximum Gasteiger partial charge on any atom is 0.0983 e. The molecule has 5 atom stereocenters. The van der Waals surface area contributed by atoms with E-state index >= 15 is 0 Å². The van der Waals surface area contributed by atoms with Crippen LogP contribution in [0.5, 0.6) is 0 Å². The zero-order chi connectivity index (χ0) is 15.8. The van der Waals surface area contributed by atoms with E-state index in [1.807, 2.05) is 19.4 Å². The van der Waals surface area contributed by atoms with Gasteiger partial charge in [0.05, 0.1) is 11.6 Å². The molecule has 3 fully saturated rings. The molecule has 4 heterocycles. The van der Waals surface area contributed by atoms with E-state index in [2.05, 4.69) is 46.8 Å². The number of para-hydroxylation sites is 1. The Hall–Kier alpha value is -1.71. The molecule has 3 aliphatic rings. The van der Waals surface area contributed by atoms with Crippen molar-refractivity contribution in [1.82, 2.24) is 9.88 Å². The number of ether oxygens (including phenoxy) is 1. The molecule has 3 heteroatoms. The summed E-state index contributed by atoms with van der Waals surface area (Å²) in [5.41, 5.74) is 2.32. The molecule has 0 saturated carbocycles. The highest BCUT2D eigenvalue weighted by molar-refractivity contribution is 5.82. The molecule has 1 aromatic carbocycles. The number of fused-ring (bicyclic) bond motifs is 4. The number of benzene rings is 1.